The lowest BCUT2D eigenvalue weighted by Crippen LogP contribution is -2.53. The SMILES string of the molecule is CCC(C)C(C(=O)NC(C)c1ccccc1)N1C(=O)c2ccccc2C1=O. The summed E-state index contributed by atoms with van der Waals surface area (Å²) >= 11 is 0. The van der Waals surface area contributed by atoms with Gasteiger partial charge in [0.1, 0.15) is 6.04 Å². The Hall–Kier alpha value is -2.95. The minimum absolute atomic E-state index is 0.157. The number of hydrogen-bond donors (Lipinski definition) is 1. The largest absolute Gasteiger partial charge is 0.348 e. The first-order valence-corrected chi connectivity index (χ1v) is 9.28. The average molecular weight is 364 g/mol. The number of nitrogens with zero attached hydrogens (tertiary/aromatic N) is 1. The van der Waals surface area contributed by atoms with Gasteiger partial charge in [0.15, 0.2) is 0 Å². The van der Waals surface area contributed by atoms with E-state index in [1.807, 2.05) is 51.1 Å². The average Bonchev–Trinajstić information content (AvgIpc) is 2.94. The third-order valence-electron chi connectivity index (χ3n) is 5.21. The molecule has 0 bridgehead atoms. The fourth-order valence-electron chi connectivity index (χ4n) is 3.44. The molecule has 2 aromatic carbocycles. The Morgan fingerprint density at radius 2 is 1.44 bits per heavy atom. The van der Waals surface area contributed by atoms with Crippen molar-refractivity contribution in [3.63, 3.8) is 0 Å². The summed E-state index contributed by atoms with van der Waals surface area (Å²) in [6.45, 7) is 5.73. The summed E-state index contributed by atoms with van der Waals surface area (Å²) in [5, 5.41) is 2.97. The molecule has 5 nitrogen and oxygen atoms in total. The van der Waals surface area contributed by atoms with Crippen LogP contribution >= 0.6 is 0 Å². The topological polar surface area (TPSA) is 66.5 Å². The van der Waals surface area contributed by atoms with Gasteiger partial charge >= 0.3 is 0 Å². The highest BCUT2D eigenvalue weighted by Gasteiger charge is 2.44. The standard InChI is InChI=1S/C22H24N2O3/c1-4-14(2)19(20(25)23-15(3)16-10-6-5-7-11-16)24-21(26)17-12-8-9-13-18(17)22(24)27/h5-15,19H,4H2,1-3H3,(H,23,25). The Kier molecular flexibility index (Phi) is 5.40. The summed E-state index contributed by atoms with van der Waals surface area (Å²) in [4.78, 5) is 39.9. The summed E-state index contributed by atoms with van der Waals surface area (Å²) in [5.41, 5.74) is 1.69. The van der Waals surface area contributed by atoms with Gasteiger partial charge in [0, 0.05) is 0 Å². The first-order valence-electron chi connectivity index (χ1n) is 9.28. The molecule has 0 radical (unpaired) electrons. The maximum Gasteiger partial charge on any atom is 0.262 e. The lowest BCUT2D eigenvalue weighted by Gasteiger charge is -2.31. The van der Waals surface area contributed by atoms with E-state index in [0.717, 1.165) is 10.5 Å². The molecule has 2 aromatic rings. The van der Waals surface area contributed by atoms with E-state index in [0.29, 0.717) is 17.5 Å². The predicted octanol–water partition coefficient (Wildman–Crippen LogP) is 3.57. The number of hydrogen-bond acceptors (Lipinski definition) is 3. The summed E-state index contributed by atoms with van der Waals surface area (Å²) in [6.07, 6.45) is 0.672. The van der Waals surface area contributed by atoms with Crippen molar-refractivity contribution >= 4 is 17.7 Å². The molecular formula is C22H24N2O3. The maximum atomic E-state index is 13.1. The Morgan fingerprint density at radius 1 is 0.926 bits per heavy atom. The van der Waals surface area contributed by atoms with E-state index in [2.05, 4.69) is 5.32 Å². The molecular weight excluding hydrogens is 340 g/mol. The van der Waals surface area contributed by atoms with Crippen LogP contribution < -0.4 is 5.32 Å². The molecule has 0 saturated carbocycles. The van der Waals surface area contributed by atoms with Crippen molar-refractivity contribution in [3.05, 3.63) is 71.3 Å². The van der Waals surface area contributed by atoms with E-state index < -0.39 is 17.9 Å². The molecule has 1 heterocycles. The van der Waals surface area contributed by atoms with Gasteiger partial charge in [0.25, 0.3) is 11.8 Å². The van der Waals surface area contributed by atoms with Crippen molar-refractivity contribution < 1.29 is 14.4 Å². The molecule has 3 rings (SSSR count). The van der Waals surface area contributed by atoms with Gasteiger partial charge in [-0.25, -0.2) is 0 Å². The van der Waals surface area contributed by atoms with Crippen LogP contribution in [0.25, 0.3) is 0 Å². The van der Waals surface area contributed by atoms with Gasteiger partial charge in [-0.1, -0.05) is 62.7 Å². The van der Waals surface area contributed by atoms with Crippen LogP contribution in [-0.4, -0.2) is 28.7 Å². The lowest BCUT2D eigenvalue weighted by atomic mass is 9.96. The number of rotatable bonds is 6. The molecule has 0 aliphatic carbocycles. The van der Waals surface area contributed by atoms with Crippen molar-refractivity contribution in [2.45, 2.75) is 39.3 Å². The predicted molar refractivity (Wildman–Crippen MR) is 103 cm³/mol. The van der Waals surface area contributed by atoms with E-state index in [-0.39, 0.29) is 17.9 Å². The summed E-state index contributed by atoms with van der Waals surface area (Å²) in [6, 6.07) is 15.3. The number of carbonyl (C=O) groups excluding carboxylic acids is 3. The molecule has 5 heteroatoms. The molecule has 1 aliphatic rings. The Morgan fingerprint density at radius 3 is 1.96 bits per heavy atom. The van der Waals surface area contributed by atoms with E-state index in [9.17, 15) is 14.4 Å². The van der Waals surface area contributed by atoms with Crippen LogP contribution in [0.4, 0.5) is 0 Å². The first-order chi connectivity index (χ1) is 13.0. The van der Waals surface area contributed by atoms with Crippen LogP contribution in [0.3, 0.4) is 0 Å². The number of fused-ring (bicyclic) bond motifs is 1. The first kappa shape index (κ1) is 18.8. The van der Waals surface area contributed by atoms with Crippen LogP contribution in [0.2, 0.25) is 0 Å². The summed E-state index contributed by atoms with van der Waals surface area (Å²) < 4.78 is 0. The van der Waals surface area contributed by atoms with Crippen LogP contribution in [0.1, 0.15) is 59.5 Å². The van der Waals surface area contributed by atoms with Crippen molar-refractivity contribution in [2.75, 3.05) is 0 Å². The van der Waals surface area contributed by atoms with Crippen LogP contribution in [-0.2, 0) is 4.79 Å². The number of nitrogens with one attached hydrogen (secondary N) is 1. The Balaban J connectivity index is 1.88. The van der Waals surface area contributed by atoms with Gasteiger partial charge in [0.05, 0.1) is 17.2 Å². The molecule has 3 unspecified atom stereocenters. The van der Waals surface area contributed by atoms with Gasteiger partial charge in [-0.15, -0.1) is 0 Å². The zero-order valence-electron chi connectivity index (χ0n) is 15.8. The van der Waals surface area contributed by atoms with E-state index in [1.165, 1.54) is 0 Å². The minimum atomic E-state index is -0.839. The molecule has 140 valence electrons. The molecule has 27 heavy (non-hydrogen) atoms. The van der Waals surface area contributed by atoms with Gasteiger partial charge in [-0.3, -0.25) is 19.3 Å². The molecule has 3 amide bonds. The second-order valence-corrected chi connectivity index (χ2v) is 7.00. The molecule has 1 N–H and O–H groups in total. The molecule has 1 aliphatic heterocycles. The molecule has 0 aromatic heterocycles. The van der Waals surface area contributed by atoms with Crippen molar-refractivity contribution in [1.29, 1.82) is 0 Å². The van der Waals surface area contributed by atoms with E-state index in [1.54, 1.807) is 24.3 Å². The number of imide groups is 1. The van der Waals surface area contributed by atoms with E-state index in [4.69, 9.17) is 0 Å². The molecule has 0 fully saturated rings. The molecule has 3 atom stereocenters. The third-order valence-corrected chi connectivity index (χ3v) is 5.21. The zero-order chi connectivity index (χ0) is 19.6. The fourth-order valence-corrected chi connectivity index (χ4v) is 3.44. The van der Waals surface area contributed by atoms with Crippen LogP contribution in [0, 0.1) is 5.92 Å². The van der Waals surface area contributed by atoms with Gasteiger partial charge in [-0.05, 0) is 30.5 Å². The van der Waals surface area contributed by atoms with Crippen LogP contribution in [0.15, 0.2) is 54.6 Å². The second kappa shape index (κ2) is 7.74. The van der Waals surface area contributed by atoms with Gasteiger partial charge < -0.3 is 5.32 Å². The zero-order valence-corrected chi connectivity index (χ0v) is 15.8. The normalized spacial score (nSPS) is 16.6. The second-order valence-electron chi connectivity index (χ2n) is 7.00. The van der Waals surface area contributed by atoms with Gasteiger partial charge in [0.2, 0.25) is 5.91 Å². The monoisotopic (exact) mass is 364 g/mol. The smallest absolute Gasteiger partial charge is 0.262 e. The molecule has 0 spiro atoms. The van der Waals surface area contributed by atoms with Gasteiger partial charge in [-0.2, -0.15) is 0 Å². The molecule has 0 saturated heterocycles. The third kappa shape index (κ3) is 3.50. The van der Waals surface area contributed by atoms with Crippen molar-refractivity contribution in [1.82, 2.24) is 10.2 Å². The minimum Gasteiger partial charge on any atom is -0.348 e. The summed E-state index contributed by atoms with van der Waals surface area (Å²) in [7, 11) is 0. The highest BCUT2D eigenvalue weighted by Crippen LogP contribution is 2.28. The quantitative estimate of drug-likeness (QED) is 0.797. The Labute approximate surface area is 159 Å². The van der Waals surface area contributed by atoms with Crippen molar-refractivity contribution in [2.24, 2.45) is 5.92 Å². The highest BCUT2D eigenvalue weighted by atomic mass is 16.2. The number of carbonyl (C=O) groups is 3. The van der Waals surface area contributed by atoms with E-state index >= 15 is 0 Å². The summed E-state index contributed by atoms with van der Waals surface area (Å²) in [5.74, 6) is -1.27. The number of benzene rings is 2. The van der Waals surface area contributed by atoms with Crippen molar-refractivity contribution in [3.8, 4) is 0 Å². The lowest BCUT2D eigenvalue weighted by molar-refractivity contribution is -0.127. The highest BCUT2D eigenvalue weighted by molar-refractivity contribution is 6.22. The maximum absolute atomic E-state index is 13.1. The fraction of sp³-hybridized carbons (Fsp3) is 0.318. The van der Waals surface area contributed by atoms with Crippen LogP contribution in [0.5, 0.6) is 0 Å². The Bertz CT molecular complexity index is 828. The number of amides is 3.